The first-order valence-electron chi connectivity index (χ1n) is 5.40. The molecule has 0 bridgehead atoms. The van der Waals surface area contributed by atoms with Crippen molar-refractivity contribution < 1.29 is 9.13 Å². The first-order valence-corrected chi connectivity index (χ1v) is 5.78. The fourth-order valence-corrected chi connectivity index (χ4v) is 1.52. The molecule has 0 aliphatic rings. The number of rotatable bonds is 6. The lowest BCUT2D eigenvalue weighted by Crippen LogP contribution is -2.28. The van der Waals surface area contributed by atoms with Crippen molar-refractivity contribution in [2.75, 3.05) is 13.2 Å². The summed E-state index contributed by atoms with van der Waals surface area (Å²) < 4.78 is 18.5. The smallest absolute Gasteiger partial charge is 0.142 e. The lowest BCUT2D eigenvalue weighted by Gasteiger charge is -2.12. The van der Waals surface area contributed by atoms with Crippen LogP contribution in [0.15, 0.2) is 18.2 Å². The maximum absolute atomic E-state index is 13.1. The molecule has 0 saturated heterocycles. The average molecular weight is 246 g/mol. The molecule has 16 heavy (non-hydrogen) atoms. The lowest BCUT2D eigenvalue weighted by molar-refractivity contribution is 0.121. The van der Waals surface area contributed by atoms with E-state index < -0.39 is 5.82 Å². The molecule has 0 aliphatic carbocycles. The topological polar surface area (TPSA) is 35.2 Å². The lowest BCUT2D eigenvalue weighted by atomic mass is 10.1. The van der Waals surface area contributed by atoms with Crippen LogP contribution in [0.4, 0.5) is 4.39 Å². The number of hydrogen-bond acceptors (Lipinski definition) is 2. The molecule has 0 saturated carbocycles. The van der Waals surface area contributed by atoms with Crippen LogP contribution in [0.2, 0.25) is 5.02 Å². The van der Waals surface area contributed by atoms with E-state index in [1.165, 1.54) is 6.07 Å². The normalized spacial score (nSPS) is 12.8. The zero-order valence-corrected chi connectivity index (χ0v) is 10.1. The third-order valence-electron chi connectivity index (χ3n) is 2.16. The molecule has 2 nitrogen and oxygen atoms in total. The quantitative estimate of drug-likeness (QED) is 0.783. The van der Waals surface area contributed by atoms with Crippen LogP contribution in [-0.2, 0) is 11.2 Å². The van der Waals surface area contributed by atoms with Gasteiger partial charge in [0.1, 0.15) is 5.82 Å². The monoisotopic (exact) mass is 245 g/mol. The van der Waals surface area contributed by atoms with Gasteiger partial charge in [0.15, 0.2) is 0 Å². The largest absolute Gasteiger partial charge is 0.380 e. The molecule has 1 rings (SSSR count). The molecule has 0 heterocycles. The van der Waals surface area contributed by atoms with Crippen LogP contribution in [-0.4, -0.2) is 19.3 Å². The van der Waals surface area contributed by atoms with Gasteiger partial charge in [-0.05, 0) is 30.5 Å². The first-order chi connectivity index (χ1) is 7.63. The average Bonchev–Trinajstić information content (AvgIpc) is 2.24. The number of benzene rings is 1. The van der Waals surface area contributed by atoms with Crippen LogP contribution >= 0.6 is 11.6 Å². The molecule has 0 aliphatic heterocycles. The molecule has 1 aromatic rings. The predicted molar refractivity (Wildman–Crippen MR) is 64.2 cm³/mol. The van der Waals surface area contributed by atoms with Gasteiger partial charge in [-0.2, -0.15) is 0 Å². The summed E-state index contributed by atoms with van der Waals surface area (Å²) in [6.07, 6.45) is 1.57. The first kappa shape index (κ1) is 13.4. The number of halogens is 2. The summed E-state index contributed by atoms with van der Waals surface area (Å²) in [6, 6.07) is 4.64. The van der Waals surface area contributed by atoms with E-state index in [1.807, 2.05) is 6.92 Å². The molecule has 2 N–H and O–H groups in total. The van der Waals surface area contributed by atoms with Crippen LogP contribution in [0.25, 0.3) is 0 Å². The van der Waals surface area contributed by atoms with Crippen molar-refractivity contribution in [3.63, 3.8) is 0 Å². The summed E-state index contributed by atoms with van der Waals surface area (Å²) in [7, 11) is 0. The van der Waals surface area contributed by atoms with Crippen molar-refractivity contribution in [1.29, 1.82) is 0 Å². The summed E-state index contributed by atoms with van der Waals surface area (Å²) >= 11 is 5.59. The van der Waals surface area contributed by atoms with Crippen LogP contribution in [0.1, 0.15) is 18.9 Å². The van der Waals surface area contributed by atoms with Crippen molar-refractivity contribution in [3.8, 4) is 0 Å². The Morgan fingerprint density at radius 3 is 2.88 bits per heavy atom. The maximum atomic E-state index is 13.1. The third kappa shape index (κ3) is 4.47. The van der Waals surface area contributed by atoms with Gasteiger partial charge in [0.25, 0.3) is 0 Å². The third-order valence-corrected chi connectivity index (χ3v) is 2.47. The summed E-state index contributed by atoms with van der Waals surface area (Å²) in [5, 5.41) is 0.138. The van der Waals surface area contributed by atoms with E-state index in [0.29, 0.717) is 19.6 Å². The fourth-order valence-electron chi connectivity index (χ4n) is 1.41. The summed E-state index contributed by atoms with van der Waals surface area (Å²) in [4.78, 5) is 0. The van der Waals surface area contributed by atoms with Crippen LogP contribution in [0.3, 0.4) is 0 Å². The minimum Gasteiger partial charge on any atom is -0.380 e. The molecular formula is C12H17ClFNO. The van der Waals surface area contributed by atoms with Crippen molar-refractivity contribution in [3.05, 3.63) is 34.6 Å². The van der Waals surface area contributed by atoms with Gasteiger partial charge in [0, 0.05) is 12.6 Å². The molecule has 0 aromatic heterocycles. The van der Waals surface area contributed by atoms with Crippen LogP contribution in [0.5, 0.6) is 0 Å². The van der Waals surface area contributed by atoms with E-state index in [-0.39, 0.29) is 11.1 Å². The SMILES string of the molecule is CCCOCC(N)Cc1ccc(Cl)c(F)c1. The van der Waals surface area contributed by atoms with E-state index in [4.69, 9.17) is 22.1 Å². The van der Waals surface area contributed by atoms with Crippen LogP contribution < -0.4 is 5.73 Å². The molecule has 1 aromatic carbocycles. The molecule has 0 amide bonds. The Labute approximate surface area is 101 Å². The highest BCUT2D eigenvalue weighted by molar-refractivity contribution is 6.30. The van der Waals surface area contributed by atoms with Gasteiger partial charge < -0.3 is 10.5 Å². The van der Waals surface area contributed by atoms with Gasteiger partial charge in [-0.1, -0.05) is 24.6 Å². The highest BCUT2D eigenvalue weighted by atomic mass is 35.5. The predicted octanol–water partition coefficient (Wildman–Crippen LogP) is 2.78. The van der Waals surface area contributed by atoms with Crippen molar-refractivity contribution in [1.82, 2.24) is 0 Å². The molecule has 0 radical (unpaired) electrons. The van der Waals surface area contributed by atoms with Crippen molar-refractivity contribution in [2.24, 2.45) is 5.73 Å². The second-order valence-electron chi connectivity index (χ2n) is 3.79. The molecule has 0 fully saturated rings. The zero-order valence-electron chi connectivity index (χ0n) is 9.38. The fraction of sp³-hybridized carbons (Fsp3) is 0.500. The molecule has 1 unspecified atom stereocenters. The molecular weight excluding hydrogens is 229 g/mol. The van der Waals surface area contributed by atoms with Gasteiger partial charge in [-0.25, -0.2) is 4.39 Å². The Balaban J connectivity index is 2.43. The second-order valence-corrected chi connectivity index (χ2v) is 4.19. The Hall–Kier alpha value is -0.640. The minimum absolute atomic E-state index is 0.105. The molecule has 0 spiro atoms. The number of ether oxygens (including phenoxy) is 1. The van der Waals surface area contributed by atoms with E-state index in [2.05, 4.69) is 0 Å². The summed E-state index contributed by atoms with van der Waals surface area (Å²) in [5.41, 5.74) is 6.70. The molecule has 90 valence electrons. The van der Waals surface area contributed by atoms with Gasteiger partial charge in [-0.15, -0.1) is 0 Å². The van der Waals surface area contributed by atoms with Crippen molar-refractivity contribution >= 4 is 11.6 Å². The van der Waals surface area contributed by atoms with E-state index in [0.717, 1.165) is 12.0 Å². The zero-order chi connectivity index (χ0) is 12.0. The van der Waals surface area contributed by atoms with E-state index in [1.54, 1.807) is 12.1 Å². The van der Waals surface area contributed by atoms with Gasteiger partial charge in [0.2, 0.25) is 0 Å². The minimum atomic E-state index is -0.402. The van der Waals surface area contributed by atoms with Crippen molar-refractivity contribution in [2.45, 2.75) is 25.8 Å². The summed E-state index contributed by atoms with van der Waals surface area (Å²) in [6.45, 7) is 3.25. The number of hydrogen-bond donors (Lipinski definition) is 1. The standard InChI is InChI=1S/C12H17ClFNO/c1-2-5-16-8-10(15)6-9-3-4-11(13)12(14)7-9/h3-4,7,10H,2,5-6,8,15H2,1H3. The van der Waals surface area contributed by atoms with Crippen LogP contribution in [0, 0.1) is 5.82 Å². The second kappa shape index (κ2) is 6.84. The van der Waals surface area contributed by atoms with Gasteiger partial charge in [-0.3, -0.25) is 0 Å². The molecule has 4 heteroatoms. The Morgan fingerprint density at radius 2 is 2.25 bits per heavy atom. The Kier molecular flexibility index (Phi) is 5.74. The molecule has 1 atom stereocenters. The highest BCUT2D eigenvalue weighted by Crippen LogP contribution is 2.16. The van der Waals surface area contributed by atoms with Gasteiger partial charge in [0.05, 0.1) is 11.6 Å². The number of nitrogens with two attached hydrogens (primary N) is 1. The highest BCUT2D eigenvalue weighted by Gasteiger charge is 2.06. The van der Waals surface area contributed by atoms with E-state index in [9.17, 15) is 4.39 Å². The van der Waals surface area contributed by atoms with E-state index >= 15 is 0 Å². The van der Waals surface area contributed by atoms with Gasteiger partial charge >= 0.3 is 0 Å². The summed E-state index contributed by atoms with van der Waals surface area (Å²) in [5.74, 6) is -0.402. The Morgan fingerprint density at radius 1 is 1.50 bits per heavy atom. The maximum Gasteiger partial charge on any atom is 0.142 e. The Bertz CT molecular complexity index is 333.